The van der Waals surface area contributed by atoms with Crippen molar-refractivity contribution in [3.05, 3.63) is 12.7 Å². The van der Waals surface area contributed by atoms with Gasteiger partial charge in [-0.25, -0.2) is 0 Å². The van der Waals surface area contributed by atoms with E-state index < -0.39 is 5.60 Å². The molecule has 1 N–H and O–H groups in total. The van der Waals surface area contributed by atoms with Crippen molar-refractivity contribution in [1.82, 2.24) is 0 Å². The number of allylic oxidation sites excluding steroid dienone is 1. The summed E-state index contributed by atoms with van der Waals surface area (Å²) >= 11 is 0. The Morgan fingerprint density at radius 1 is 1.53 bits per heavy atom. The van der Waals surface area contributed by atoms with E-state index >= 15 is 0 Å². The Morgan fingerprint density at radius 3 is 2.40 bits per heavy atom. The van der Waals surface area contributed by atoms with Crippen LogP contribution in [-0.4, -0.2) is 16.9 Å². The lowest BCUT2D eigenvalue weighted by Gasteiger charge is -2.39. The molecule has 0 amide bonds. The third-order valence-corrected chi connectivity index (χ3v) is 3.27. The summed E-state index contributed by atoms with van der Waals surface area (Å²) in [4.78, 5) is 16.2. The van der Waals surface area contributed by atoms with Crippen molar-refractivity contribution in [2.75, 3.05) is 0 Å². The maximum absolute atomic E-state index is 10.1. The maximum atomic E-state index is 10.1. The Hall–Kier alpha value is -0.920. The van der Waals surface area contributed by atoms with Gasteiger partial charge in [-0.3, -0.25) is 0 Å². The van der Waals surface area contributed by atoms with Gasteiger partial charge in [0.25, 0.3) is 0 Å². The minimum absolute atomic E-state index is 0.250. The summed E-state index contributed by atoms with van der Waals surface area (Å²) in [6.45, 7) is 7.92. The Kier molecular flexibility index (Phi) is 6.14. The van der Waals surface area contributed by atoms with E-state index in [9.17, 15) is 5.11 Å². The van der Waals surface area contributed by atoms with Crippen molar-refractivity contribution in [3.8, 4) is 0 Å². The van der Waals surface area contributed by atoms with E-state index in [-0.39, 0.29) is 6.15 Å². The quantitative estimate of drug-likeness (QED) is 0.714. The van der Waals surface area contributed by atoms with Gasteiger partial charge in [-0.2, -0.15) is 9.59 Å². The zero-order valence-electron chi connectivity index (χ0n) is 9.53. The maximum Gasteiger partial charge on any atom is 0.373 e. The lowest BCUT2D eigenvalue weighted by atomic mass is 9.71. The van der Waals surface area contributed by atoms with E-state index in [2.05, 4.69) is 13.5 Å². The van der Waals surface area contributed by atoms with Crippen LogP contribution >= 0.6 is 0 Å². The van der Waals surface area contributed by atoms with Gasteiger partial charge in [0, 0.05) is 0 Å². The molecule has 1 fully saturated rings. The van der Waals surface area contributed by atoms with Crippen LogP contribution in [0.4, 0.5) is 0 Å². The molecule has 0 spiro atoms. The van der Waals surface area contributed by atoms with E-state index in [1.165, 1.54) is 6.42 Å². The largest absolute Gasteiger partial charge is 0.390 e. The summed E-state index contributed by atoms with van der Waals surface area (Å²) in [5.74, 6) is 1.02. The van der Waals surface area contributed by atoms with Gasteiger partial charge < -0.3 is 5.11 Å². The molecule has 86 valence electrons. The second-order valence-corrected chi connectivity index (χ2v) is 4.32. The van der Waals surface area contributed by atoms with Crippen LogP contribution in [0.5, 0.6) is 0 Å². The molecule has 0 aromatic heterocycles. The van der Waals surface area contributed by atoms with Crippen LogP contribution in [0.2, 0.25) is 0 Å². The molecule has 0 saturated heterocycles. The first-order valence-electron chi connectivity index (χ1n) is 5.36. The molecular formula is C12H20O3. The topological polar surface area (TPSA) is 54.4 Å². The summed E-state index contributed by atoms with van der Waals surface area (Å²) < 4.78 is 0. The average Bonchev–Trinajstić information content (AvgIpc) is 2.17. The Balaban J connectivity index is 0.000000583. The van der Waals surface area contributed by atoms with Gasteiger partial charge in [0.2, 0.25) is 0 Å². The highest BCUT2D eigenvalue weighted by atomic mass is 16.3. The summed E-state index contributed by atoms with van der Waals surface area (Å²) in [5.41, 5.74) is -0.453. The fraction of sp³-hybridized carbons (Fsp3) is 0.750. The van der Waals surface area contributed by atoms with Crippen LogP contribution in [0.3, 0.4) is 0 Å². The average molecular weight is 212 g/mol. The number of hydrogen-bond donors (Lipinski definition) is 1. The molecule has 0 bridgehead atoms. The Morgan fingerprint density at radius 2 is 2.07 bits per heavy atom. The lowest BCUT2D eigenvalue weighted by Crippen LogP contribution is -2.40. The molecule has 0 heterocycles. The SMILES string of the molecule is C=C[C@@H]1CC[C@@H](CC)[C@@](C)(O)C1.O=C=O. The normalized spacial score (nSPS) is 34.6. The van der Waals surface area contributed by atoms with Crippen molar-refractivity contribution in [1.29, 1.82) is 0 Å². The van der Waals surface area contributed by atoms with Crippen LogP contribution < -0.4 is 0 Å². The molecule has 1 aliphatic rings. The highest BCUT2D eigenvalue weighted by Gasteiger charge is 2.36. The van der Waals surface area contributed by atoms with Gasteiger partial charge >= 0.3 is 6.15 Å². The van der Waals surface area contributed by atoms with Crippen LogP contribution in [-0.2, 0) is 9.59 Å². The van der Waals surface area contributed by atoms with E-state index in [4.69, 9.17) is 9.59 Å². The minimum Gasteiger partial charge on any atom is -0.390 e. The molecule has 3 nitrogen and oxygen atoms in total. The van der Waals surface area contributed by atoms with Crippen molar-refractivity contribution in [3.63, 3.8) is 0 Å². The fourth-order valence-corrected chi connectivity index (χ4v) is 2.37. The van der Waals surface area contributed by atoms with Gasteiger partial charge in [-0.15, -0.1) is 6.58 Å². The van der Waals surface area contributed by atoms with Crippen LogP contribution in [0, 0.1) is 11.8 Å². The molecule has 0 radical (unpaired) electrons. The molecule has 0 aromatic rings. The van der Waals surface area contributed by atoms with E-state index in [1.54, 1.807) is 0 Å². The molecule has 1 aliphatic carbocycles. The molecule has 1 rings (SSSR count). The van der Waals surface area contributed by atoms with Gasteiger partial charge in [0.1, 0.15) is 0 Å². The molecule has 15 heavy (non-hydrogen) atoms. The van der Waals surface area contributed by atoms with Crippen molar-refractivity contribution in [2.45, 2.75) is 45.1 Å². The first-order valence-corrected chi connectivity index (χ1v) is 5.36. The summed E-state index contributed by atoms with van der Waals surface area (Å²) in [6, 6.07) is 0. The van der Waals surface area contributed by atoms with Crippen LogP contribution in [0.25, 0.3) is 0 Å². The van der Waals surface area contributed by atoms with Crippen molar-refractivity contribution in [2.24, 2.45) is 11.8 Å². The van der Waals surface area contributed by atoms with Crippen LogP contribution in [0.1, 0.15) is 39.5 Å². The van der Waals surface area contributed by atoms with Crippen molar-refractivity contribution < 1.29 is 14.7 Å². The Labute approximate surface area is 91.2 Å². The van der Waals surface area contributed by atoms with Crippen molar-refractivity contribution >= 4 is 6.15 Å². The third kappa shape index (κ3) is 4.41. The highest BCUT2D eigenvalue weighted by molar-refractivity contribution is 5.20. The van der Waals surface area contributed by atoms with E-state index in [0.717, 1.165) is 19.3 Å². The predicted molar refractivity (Wildman–Crippen MR) is 56.9 cm³/mol. The second kappa shape index (κ2) is 6.54. The van der Waals surface area contributed by atoms with Gasteiger partial charge in [-0.05, 0) is 38.0 Å². The van der Waals surface area contributed by atoms with E-state index in [0.29, 0.717) is 11.8 Å². The van der Waals surface area contributed by atoms with Gasteiger partial charge in [-0.1, -0.05) is 19.4 Å². The molecular weight excluding hydrogens is 192 g/mol. The number of hydrogen-bond acceptors (Lipinski definition) is 3. The standard InChI is InChI=1S/C11H20O.CO2/c1-4-9-6-7-10(5-2)11(3,12)8-9;2-1-3/h4,9-10,12H,1,5-8H2,2-3H3;/t9-,10-,11+;/m1./s1. The molecule has 0 aromatic carbocycles. The second-order valence-electron chi connectivity index (χ2n) is 4.32. The third-order valence-electron chi connectivity index (χ3n) is 3.27. The molecule has 1 saturated carbocycles. The zero-order valence-corrected chi connectivity index (χ0v) is 9.53. The molecule has 0 aliphatic heterocycles. The Bertz CT molecular complexity index is 227. The predicted octanol–water partition coefficient (Wildman–Crippen LogP) is 2.17. The first-order chi connectivity index (χ1) is 7.01. The van der Waals surface area contributed by atoms with Gasteiger partial charge in [0.05, 0.1) is 5.60 Å². The van der Waals surface area contributed by atoms with Crippen LogP contribution in [0.15, 0.2) is 12.7 Å². The molecule has 3 heteroatoms. The smallest absolute Gasteiger partial charge is 0.373 e. The number of carbonyl (C=O) groups excluding carboxylic acids is 2. The highest BCUT2D eigenvalue weighted by Crippen LogP contribution is 2.38. The fourth-order valence-electron chi connectivity index (χ4n) is 2.37. The molecule has 3 atom stereocenters. The summed E-state index contributed by atoms with van der Waals surface area (Å²) in [5, 5.41) is 10.1. The summed E-state index contributed by atoms with van der Waals surface area (Å²) in [7, 11) is 0. The zero-order chi connectivity index (χ0) is 11.9. The lowest BCUT2D eigenvalue weighted by molar-refractivity contribution is -0.191. The first kappa shape index (κ1) is 14.1. The monoisotopic (exact) mass is 212 g/mol. The number of rotatable bonds is 2. The summed E-state index contributed by atoms with van der Waals surface area (Å²) in [6.07, 6.45) is 6.59. The van der Waals surface area contributed by atoms with Gasteiger partial charge in [0.15, 0.2) is 0 Å². The van der Waals surface area contributed by atoms with E-state index in [1.807, 2.05) is 13.0 Å². The molecule has 0 unspecified atom stereocenters. The minimum atomic E-state index is -0.453. The number of aliphatic hydroxyl groups is 1.